The Labute approximate surface area is 191 Å². The first-order chi connectivity index (χ1) is 15.4. The van der Waals surface area contributed by atoms with Gasteiger partial charge in [-0.05, 0) is 64.0 Å². The average molecular weight is 497 g/mol. The molecule has 7 nitrogen and oxygen atoms in total. The minimum absolute atomic E-state index is 0.137. The van der Waals surface area contributed by atoms with Crippen LogP contribution in [0.15, 0.2) is 82.1 Å². The van der Waals surface area contributed by atoms with Crippen LogP contribution < -0.4 is 10.6 Å². The van der Waals surface area contributed by atoms with E-state index >= 15 is 0 Å². The number of aromatic nitrogens is 2. The summed E-state index contributed by atoms with van der Waals surface area (Å²) >= 11 is 3.16. The number of rotatable bonds is 6. The summed E-state index contributed by atoms with van der Waals surface area (Å²) in [4.78, 5) is 29.7. The topological polar surface area (TPSA) is 89.2 Å². The van der Waals surface area contributed by atoms with Crippen LogP contribution in [-0.4, -0.2) is 21.4 Å². The Kier molecular flexibility index (Phi) is 6.18. The molecule has 2 heterocycles. The Balaban J connectivity index is 1.56. The van der Waals surface area contributed by atoms with Gasteiger partial charge in [-0.1, -0.05) is 18.2 Å². The lowest BCUT2D eigenvalue weighted by Gasteiger charge is -2.19. The van der Waals surface area contributed by atoms with Gasteiger partial charge in [0.25, 0.3) is 11.8 Å². The number of anilines is 1. The summed E-state index contributed by atoms with van der Waals surface area (Å²) in [6, 6.07) is 15.0. The third-order valence-corrected chi connectivity index (χ3v) is 5.20. The number of halogens is 2. The van der Waals surface area contributed by atoms with Gasteiger partial charge in [0.05, 0.1) is 0 Å². The maximum Gasteiger partial charge on any atom is 0.291 e. The largest absolute Gasteiger partial charge is 0.444 e. The van der Waals surface area contributed by atoms with Crippen LogP contribution in [-0.2, 0) is 7.05 Å². The first-order valence-electron chi connectivity index (χ1n) is 9.61. The fourth-order valence-electron chi connectivity index (χ4n) is 3.19. The Morgan fingerprint density at radius 1 is 1.09 bits per heavy atom. The minimum Gasteiger partial charge on any atom is -0.444 e. The van der Waals surface area contributed by atoms with Gasteiger partial charge < -0.3 is 19.6 Å². The summed E-state index contributed by atoms with van der Waals surface area (Å²) in [6.45, 7) is 0. The van der Waals surface area contributed by atoms with Gasteiger partial charge in [0.1, 0.15) is 17.7 Å². The number of hydrogen-bond donors (Lipinski definition) is 2. The molecule has 2 aromatic heterocycles. The number of aryl methyl sites for hydroxylation is 1. The molecule has 0 aliphatic rings. The fourth-order valence-corrected chi connectivity index (χ4v) is 3.50. The van der Waals surface area contributed by atoms with Crippen molar-refractivity contribution in [2.24, 2.45) is 7.05 Å². The number of amides is 2. The van der Waals surface area contributed by atoms with E-state index in [-0.39, 0.29) is 17.5 Å². The highest BCUT2D eigenvalue weighted by atomic mass is 79.9. The fraction of sp³-hybridized carbons (Fsp3) is 0.0870. The predicted molar refractivity (Wildman–Crippen MR) is 120 cm³/mol. The number of nitrogens with zero attached hydrogens (tertiary/aromatic N) is 2. The number of benzene rings is 2. The Hall–Kier alpha value is -3.72. The molecule has 2 aromatic carbocycles. The van der Waals surface area contributed by atoms with Crippen LogP contribution in [0.2, 0.25) is 0 Å². The second-order valence-corrected chi connectivity index (χ2v) is 7.77. The number of nitrogens with one attached hydrogen (secondary N) is 2. The smallest absolute Gasteiger partial charge is 0.291 e. The number of carbonyl (C=O) groups excluding carboxylic acids is 2. The van der Waals surface area contributed by atoms with Gasteiger partial charge in [0, 0.05) is 30.7 Å². The summed E-state index contributed by atoms with van der Waals surface area (Å²) in [7, 11) is 1.81. The maximum absolute atomic E-state index is 13.4. The molecule has 2 amide bonds. The van der Waals surface area contributed by atoms with E-state index in [1.165, 1.54) is 18.2 Å². The zero-order valence-corrected chi connectivity index (χ0v) is 18.5. The SMILES string of the molecule is Cn1ccnc1C(NC(=O)c1cccc(NC(=O)c2ccc(Br)o2)c1)c1ccc(F)cc1. The molecule has 0 spiro atoms. The molecule has 0 fully saturated rings. The normalized spacial score (nSPS) is 11.7. The van der Waals surface area contributed by atoms with Crippen molar-refractivity contribution in [2.75, 3.05) is 5.32 Å². The first kappa shape index (κ1) is 21.5. The Morgan fingerprint density at radius 2 is 1.88 bits per heavy atom. The molecule has 4 rings (SSSR count). The van der Waals surface area contributed by atoms with E-state index in [9.17, 15) is 14.0 Å². The van der Waals surface area contributed by atoms with E-state index in [2.05, 4.69) is 31.5 Å². The highest BCUT2D eigenvalue weighted by Gasteiger charge is 2.22. The van der Waals surface area contributed by atoms with E-state index in [1.54, 1.807) is 59.4 Å². The lowest BCUT2D eigenvalue weighted by Crippen LogP contribution is -2.31. The highest BCUT2D eigenvalue weighted by molar-refractivity contribution is 9.10. The molecule has 1 unspecified atom stereocenters. The van der Waals surface area contributed by atoms with Crippen molar-refractivity contribution < 1.29 is 18.4 Å². The van der Waals surface area contributed by atoms with Crippen molar-refractivity contribution in [3.8, 4) is 0 Å². The van der Waals surface area contributed by atoms with Crippen molar-refractivity contribution in [2.45, 2.75) is 6.04 Å². The van der Waals surface area contributed by atoms with Crippen LogP contribution in [0, 0.1) is 5.82 Å². The van der Waals surface area contributed by atoms with Gasteiger partial charge in [-0.25, -0.2) is 9.37 Å². The molecule has 0 radical (unpaired) electrons. The van der Waals surface area contributed by atoms with Crippen LogP contribution in [0.25, 0.3) is 0 Å². The zero-order valence-electron chi connectivity index (χ0n) is 16.9. The summed E-state index contributed by atoms with van der Waals surface area (Å²) < 4.78 is 20.9. The minimum atomic E-state index is -0.596. The molecule has 0 aliphatic carbocycles. The van der Waals surface area contributed by atoms with Gasteiger partial charge in [0.2, 0.25) is 0 Å². The van der Waals surface area contributed by atoms with Crippen LogP contribution in [0.5, 0.6) is 0 Å². The summed E-state index contributed by atoms with van der Waals surface area (Å²) in [5.41, 5.74) is 1.46. The van der Waals surface area contributed by atoms with E-state index < -0.39 is 11.9 Å². The quantitative estimate of drug-likeness (QED) is 0.405. The molecule has 0 saturated carbocycles. The molecule has 0 saturated heterocycles. The lowest BCUT2D eigenvalue weighted by molar-refractivity contribution is 0.0939. The van der Waals surface area contributed by atoms with E-state index in [0.717, 1.165) is 0 Å². The van der Waals surface area contributed by atoms with E-state index in [1.807, 2.05) is 7.05 Å². The van der Waals surface area contributed by atoms with Crippen molar-refractivity contribution in [3.05, 3.63) is 106 Å². The van der Waals surface area contributed by atoms with Gasteiger partial charge in [0.15, 0.2) is 10.4 Å². The first-order valence-corrected chi connectivity index (χ1v) is 10.4. The third-order valence-electron chi connectivity index (χ3n) is 4.78. The van der Waals surface area contributed by atoms with Gasteiger partial charge in [-0.3, -0.25) is 9.59 Å². The molecule has 1 atom stereocenters. The van der Waals surface area contributed by atoms with Crippen LogP contribution in [0.4, 0.5) is 10.1 Å². The molecule has 32 heavy (non-hydrogen) atoms. The number of imidazole rings is 1. The van der Waals surface area contributed by atoms with Gasteiger partial charge >= 0.3 is 0 Å². The lowest BCUT2D eigenvalue weighted by atomic mass is 10.0. The van der Waals surface area contributed by atoms with Crippen molar-refractivity contribution in [1.29, 1.82) is 0 Å². The standard InChI is InChI=1S/C23H18BrFN4O3/c1-29-12-11-26-21(29)20(14-5-7-16(25)8-6-14)28-22(30)15-3-2-4-17(13-15)27-23(31)18-9-10-19(24)32-18/h2-13,20H,1H3,(H,27,31)(H,28,30). The van der Waals surface area contributed by atoms with E-state index in [4.69, 9.17) is 4.42 Å². The molecule has 162 valence electrons. The highest BCUT2D eigenvalue weighted by Crippen LogP contribution is 2.22. The zero-order chi connectivity index (χ0) is 22.7. The molecule has 0 aliphatic heterocycles. The van der Waals surface area contributed by atoms with Crippen LogP contribution in [0.3, 0.4) is 0 Å². The number of hydrogen-bond acceptors (Lipinski definition) is 4. The average Bonchev–Trinajstić information content (AvgIpc) is 3.41. The third kappa shape index (κ3) is 4.78. The summed E-state index contributed by atoms with van der Waals surface area (Å²) in [5.74, 6) is -0.453. The van der Waals surface area contributed by atoms with Gasteiger partial charge in [-0.15, -0.1) is 0 Å². The molecule has 0 bridgehead atoms. The molecular weight excluding hydrogens is 479 g/mol. The maximum atomic E-state index is 13.4. The van der Waals surface area contributed by atoms with Crippen molar-refractivity contribution in [3.63, 3.8) is 0 Å². The monoisotopic (exact) mass is 496 g/mol. The Morgan fingerprint density at radius 3 is 2.53 bits per heavy atom. The number of furan rings is 1. The number of carbonyl (C=O) groups is 2. The second-order valence-electron chi connectivity index (χ2n) is 6.99. The van der Waals surface area contributed by atoms with Gasteiger partial charge in [-0.2, -0.15) is 0 Å². The molecule has 4 aromatic rings. The van der Waals surface area contributed by atoms with Crippen molar-refractivity contribution >= 4 is 33.4 Å². The Bertz CT molecular complexity index is 1270. The summed E-state index contributed by atoms with van der Waals surface area (Å²) in [5, 5.41) is 5.65. The predicted octanol–water partition coefficient (Wildman–Crippen LogP) is 4.69. The van der Waals surface area contributed by atoms with Crippen molar-refractivity contribution in [1.82, 2.24) is 14.9 Å². The van der Waals surface area contributed by atoms with E-state index in [0.29, 0.717) is 27.3 Å². The van der Waals surface area contributed by atoms with Crippen LogP contribution >= 0.6 is 15.9 Å². The van der Waals surface area contributed by atoms with Crippen LogP contribution in [0.1, 0.15) is 38.3 Å². The molecular formula is C23H18BrFN4O3. The molecule has 9 heteroatoms. The molecule has 2 N–H and O–H groups in total. The summed E-state index contributed by atoms with van der Waals surface area (Å²) in [6.07, 6.45) is 3.39. The second kappa shape index (κ2) is 9.19.